The summed E-state index contributed by atoms with van der Waals surface area (Å²) in [4.78, 5) is 17.1. The molecule has 0 aliphatic carbocycles. The fourth-order valence-electron chi connectivity index (χ4n) is 3.72. The van der Waals surface area contributed by atoms with Gasteiger partial charge < -0.3 is 24.6 Å². The molecule has 6 nitrogen and oxygen atoms in total. The molecule has 6 heteroatoms. The molecule has 2 aliphatic rings. The summed E-state index contributed by atoms with van der Waals surface area (Å²) < 4.78 is 10.6. The van der Waals surface area contributed by atoms with Crippen LogP contribution < -0.4 is 14.8 Å². The number of hydrogen-bond donors (Lipinski definition) is 1. The number of likely N-dealkylation sites (tertiary alicyclic amines) is 1. The maximum absolute atomic E-state index is 12.2. The number of benzene rings is 1. The molecule has 1 N–H and O–H groups in total. The highest BCUT2D eigenvalue weighted by Crippen LogP contribution is 2.34. The van der Waals surface area contributed by atoms with Crippen molar-refractivity contribution in [3.8, 4) is 11.5 Å². The summed E-state index contributed by atoms with van der Waals surface area (Å²) in [7, 11) is 2.13. The van der Waals surface area contributed by atoms with Crippen LogP contribution in [0.4, 0.5) is 5.69 Å². The first kappa shape index (κ1) is 18.0. The summed E-state index contributed by atoms with van der Waals surface area (Å²) in [5, 5.41) is 2.95. The number of hydrogen-bond acceptors (Lipinski definition) is 5. The number of nitrogens with one attached hydrogen (secondary N) is 1. The highest BCUT2D eigenvalue weighted by molar-refractivity contribution is 5.91. The van der Waals surface area contributed by atoms with Crippen LogP contribution in [0.2, 0.25) is 0 Å². The average molecular weight is 347 g/mol. The number of carbonyl (C=O) groups is 1. The lowest BCUT2D eigenvalue weighted by molar-refractivity contribution is -0.116. The molecule has 2 heterocycles. The summed E-state index contributed by atoms with van der Waals surface area (Å²) in [5.41, 5.74) is 0.752. The van der Waals surface area contributed by atoms with Gasteiger partial charge in [0.15, 0.2) is 11.5 Å². The second-order valence-corrected chi connectivity index (χ2v) is 7.00. The Kier molecular flexibility index (Phi) is 5.81. The highest BCUT2D eigenvalue weighted by Gasteiger charge is 2.26. The maximum atomic E-state index is 12.2. The predicted molar refractivity (Wildman–Crippen MR) is 98.2 cm³/mol. The van der Waals surface area contributed by atoms with Gasteiger partial charge in [-0.15, -0.1) is 0 Å². The van der Waals surface area contributed by atoms with Crippen LogP contribution >= 0.6 is 0 Å². The smallest absolute Gasteiger partial charge is 0.231 e. The molecular formula is C19H29N3O3. The lowest BCUT2D eigenvalue weighted by Crippen LogP contribution is -2.48. The van der Waals surface area contributed by atoms with Crippen LogP contribution in [0, 0.1) is 0 Å². The molecule has 1 saturated heterocycles. The Labute approximate surface area is 150 Å². The number of carbonyl (C=O) groups excluding carboxylic acids is 1. The van der Waals surface area contributed by atoms with Crippen molar-refractivity contribution >= 4 is 11.6 Å². The minimum absolute atomic E-state index is 0.0322. The van der Waals surface area contributed by atoms with Crippen molar-refractivity contribution < 1.29 is 14.3 Å². The predicted octanol–water partition coefficient (Wildman–Crippen LogP) is 2.55. The molecular weight excluding hydrogens is 318 g/mol. The van der Waals surface area contributed by atoms with E-state index in [9.17, 15) is 4.79 Å². The maximum Gasteiger partial charge on any atom is 0.231 e. The van der Waals surface area contributed by atoms with Crippen LogP contribution in [0.25, 0.3) is 0 Å². The minimum atomic E-state index is 0.0322. The Bertz CT molecular complexity index is 608. The third kappa shape index (κ3) is 4.44. The zero-order valence-corrected chi connectivity index (χ0v) is 15.5. The van der Waals surface area contributed by atoms with E-state index in [0.717, 1.165) is 31.1 Å². The summed E-state index contributed by atoms with van der Waals surface area (Å²) >= 11 is 0. The van der Waals surface area contributed by atoms with Gasteiger partial charge in [-0.05, 0) is 52.0 Å². The van der Waals surface area contributed by atoms with E-state index in [4.69, 9.17) is 9.47 Å². The number of rotatable bonds is 6. The Balaban J connectivity index is 1.44. The largest absolute Gasteiger partial charge is 0.454 e. The molecule has 1 aromatic carbocycles. The van der Waals surface area contributed by atoms with Crippen LogP contribution in [0.3, 0.4) is 0 Å². The third-order valence-electron chi connectivity index (χ3n) is 5.36. The zero-order valence-electron chi connectivity index (χ0n) is 15.5. The van der Waals surface area contributed by atoms with Gasteiger partial charge in [-0.3, -0.25) is 4.79 Å². The SMILES string of the molecule is CCN1CCC(N(C)CCC(=O)Nc2ccc3c(c2)OCO3)CC1C. The van der Waals surface area contributed by atoms with Crippen LogP contribution in [-0.2, 0) is 4.79 Å². The summed E-state index contributed by atoms with van der Waals surface area (Å²) in [6.45, 7) is 7.81. The quantitative estimate of drug-likeness (QED) is 0.857. The van der Waals surface area contributed by atoms with Gasteiger partial charge in [-0.2, -0.15) is 0 Å². The van der Waals surface area contributed by atoms with Crippen LogP contribution in [0.5, 0.6) is 11.5 Å². The standard InChI is InChI=1S/C19H29N3O3/c1-4-22-10-7-16(11-14(22)2)21(3)9-8-19(23)20-15-5-6-17-18(12-15)25-13-24-17/h5-6,12,14,16H,4,7-11,13H2,1-3H3,(H,20,23). The molecule has 138 valence electrons. The van der Waals surface area contributed by atoms with Gasteiger partial charge in [0.2, 0.25) is 12.7 Å². The van der Waals surface area contributed by atoms with E-state index >= 15 is 0 Å². The number of piperidine rings is 1. The van der Waals surface area contributed by atoms with E-state index in [-0.39, 0.29) is 12.7 Å². The van der Waals surface area contributed by atoms with Gasteiger partial charge in [0.1, 0.15) is 0 Å². The van der Waals surface area contributed by atoms with Crippen molar-refractivity contribution in [2.75, 3.05) is 38.8 Å². The first-order chi connectivity index (χ1) is 12.1. The van der Waals surface area contributed by atoms with E-state index in [1.165, 1.54) is 12.8 Å². The van der Waals surface area contributed by atoms with Crippen molar-refractivity contribution in [1.82, 2.24) is 9.80 Å². The average Bonchev–Trinajstić information content (AvgIpc) is 3.07. The van der Waals surface area contributed by atoms with E-state index in [1.54, 1.807) is 0 Å². The second-order valence-electron chi connectivity index (χ2n) is 7.00. The Hall–Kier alpha value is -1.79. The number of ether oxygens (including phenoxy) is 2. The molecule has 0 saturated carbocycles. The van der Waals surface area contributed by atoms with Gasteiger partial charge >= 0.3 is 0 Å². The van der Waals surface area contributed by atoms with Gasteiger partial charge in [-0.1, -0.05) is 6.92 Å². The number of fused-ring (bicyclic) bond motifs is 1. The summed E-state index contributed by atoms with van der Waals surface area (Å²) in [6.07, 6.45) is 2.85. The second kappa shape index (κ2) is 8.06. The van der Waals surface area contributed by atoms with Crippen LogP contribution in [-0.4, -0.2) is 61.3 Å². The lowest BCUT2D eigenvalue weighted by atomic mass is 9.97. The van der Waals surface area contributed by atoms with Gasteiger partial charge in [-0.25, -0.2) is 0 Å². The summed E-state index contributed by atoms with van der Waals surface area (Å²) in [6, 6.07) is 6.67. The van der Waals surface area contributed by atoms with E-state index in [1.807, 2.05) is 18.2 Å². The fourth-order valence-corrected chi connectivity index (χ4v) is 3.72. The monoisotopic (exact) mass is 347 g/mol. The molecule has 0 aromatic heterocycles. The first-order valence-electron chi connectivity index (χ1n) is 9.20. The van der Waals surface area contributed by atoms with Crippen molar-refractivity contribution in [3.63, 3.8) is 0 Å². The highest BCUT2D eigenvalue weighted by atomic mass is 16.7. The lowest BCUT2D eigenvalue weighted by Gasteiger charge is -2.40. The van der Waals surface area contributed by atoms with Crippen molar-refractivity contribution in [2.24, 2.45) is 0 Å². The molecule has 2 aliphatic heterocycles. The molecule has 0 spiro atoms. The van der Waals surface area contributed by atoms with Crippen molar-refractivity contribution in [1.29, 1.82) is 0 Å². The molecule has 2 unspecified atom stereocenters. The van der Waals surface area contributed by atoms with Crippen LogP contribution in [0.15, 0.2) is 18.2 Å². The normalized spacial score (nSPS) is 23.0. The molecule has 0 bridgehead atoms. The molecule has 0 radical (unpaired) electrons. The van der Waals surface area contributed by atoms with Crippen LogP contribution in [0.1, 0.15) is 33.1 Å². The van der Waals surface area contributed by atoms with E-state index < -0.39 is 0 Å². The molecule has 1 amide bonds. The van der Waals surface area contributed by atoms with Gasteiger partial charge in [0, 0.05) is 36.8 Å². The Morgan fingerprint density at radius 1 is 1.36 bits per heavy atom. The van der Waals surface area contributed by atoms with Crippen molar-refractivity contribution in [3.05, 3.63) is 18.2 Å². The Morgan fingerprint density at radius 3 is 2.92 bits per heavy atom. The minimum Gasteiger partial charge on any atom is -0.454 e. The Morgan fingerprint density at radius 2 is 2.16 bits per heavy atom. The molecule has 3 rings (SSSR count). The van der Waals surface area contributed by atoms with E-state index in [2.05, 4.69) is 36.0 Å². The first-order valence-corrected chi connectivity index (χ1v) is 9.20. The number of nitrogens with zero attached hydrogens (tertiary/aromatic N) is 2. The van der Waals surface area contributed by atoms with Gasteiger partial charge in [0.25, 0.3) is 0 Å². The van der Waals surface area contributed by atoms with E-state index in [0.29, 0.717) is 24.3 Å². The zero-order chi connectivity index (χ0) is 17.8. The third-order valence-corrected chi connectivity index (χ3v) is 5.36. The molecule has 25 heavy (non-hydrogen) atoms. The summed E-state index contributed by atoms with van der Waals surface area (Å²) in [5.74, 6) is 1.45. The molecule has 1 fully saturated rings. The molecule has 1 aromatic rings. The van der Waals surface area contributed by atoms with Gasteiger partial charge in [0.05, 0.1) is 0 Å². The van der Waals surface area contributed by atoms with Crippen molar-refractivity contribution in [2.45, 2.75) is 45.2 Å². The number of amides is 1. The molecule has 2 atom stereocenters. The topological polar surface area (TPSA) is 54.0 Å². The fraction of sp³-hybridized carbons (Fsp3) is 0.632. The number of anilines is 1.